The highest BCUT2D eigenvalue weighted by molar-refractivity contribution is 6.81. The molecule has 0 heterocycles. The molecular formula is C19H36OSi2. The second-order valence-corrected chi connectivity index (χ2v) is 18.1. The van der Waals surface area contributed by atoms with Crippen LogP contribution < -0.4 is 0 Å². The van der Waals surface area contributed by atoms with Gasteiger partial charge in [0.1, 0.15) is 0 Å². The van der Waals surface area contributed by atoms with Crippen molar-refractivity contribution >= 4 is 16.1 Å². The van der Waals surface area contributed by atoms with Gasteiger partial charge in [-0.3, -0.25) is 0 Å². The monoisotopic (exact) mass is 338 g/mol. The average molecular weight is 339 g/mol. The van der Waals surface area contributed by atoms with Crippen LogP contribution >= 0.6 is 0 Å². The van der Waals surface area contributed by atoms with Crippen molar-refractivity contribution < 1.29 is 7.85 Å². The van der Waals surface area contributed by atoms with Gasteiger partial charge in [-0.1, -0.05) is 80.9 Å². The molecule has 1 aliphatic rings. The summed E-state index contributed by atoms with van der Waals surface area (Å²) in [6, 6.07) is 0. The Hall–Kier alpha value is -0.386. The van der Waals surface area contributed by atoms with E-state index < -0.39 is 16.1 Å². The summed E-state index contributed by atoms with van der Waals surface area (Å²) in [6.45, 7) is 15.4. The predicted octanol–water partition coefficient (Wildman–Crippen LogP) is 5.72. The third kappa shape index (κ3) is 7.75. The summed E-state index contributed by atoms with van der Waals surface area (Å²) in [5.74, 6) is 0.250. The van der Waals surface area contributed by atoms with Gasteiger partial charge in [-0.2, -0.15) is 0 Å². The van der Waals surface area contributed by atoms with E-state index in [1.165, 1.54) is 11.1 Å². The van der Waals surface area contributed by atoms with E-state index in [1.807, 2.05) is 6.92 Å². The minimum Gasteiger partial charge on any atom is -0.393 e. The van der Waals surface area contributed by atoms with E-state index >= 15 is 0 Å². The molecule has 1 N–H and O–H groups in total. The van der Waals surface area contributed by atoms with Gasteiger partial charge in [0.25, 0.3) is 0 Å². The SMILES string of the molecule is [2H]/C(=C1/C/C(=C(/[2H])[Si](C)(C)C)C(/C=C/CC(O)CC)C1)[Si](C)(C)C. The van der Waals surface area contributed by atoms with E-state index in [0.29, 0.717) is 6.42 Å². The Labute approximate surface area is 143 Å². The minimum absolute atomic E-state index is 0.250. The Kier molecular flexibility index (Phi) is 5.94. The molecule has 2 unspecified atom stereocenters. The van der Waals surface area contributed by atoms with Crippen LogP contribution in [0.4, 0.5) is 0 Å². The van der Waals surface area contributed by atoms with Gasteiger partial charge in [-0.25, -0.2) is 0 Å². The van der Waals surface area contributed by atoms with E-state index in [0.717, 1.165) is 30.6 Å². The van der Waals surface area contributed by atoms with Gasteiger partial charge in [0.05, 0.1) is 25.0 Å². The van der Waals surface area contributed by atoms with Gasteiger partial charge in [0, 0.05) is 5.92 Å². The molecule has 3 heteroatoms. The number of rotatable bonds is 6. The van der Waals surface area contributed by atoms with Crippen LogP contribution in [0.2, 0.25) is 39.3 Å². The first-order chi connectivity index (χ1) is 10.9. The lowest BCUT2D eigenvalue weighted by atomic mass is 10.0. The van der Waals surface area contributed by atoms with Crippen LogP contribution in [0.1, 0.15) is 35.3 Å². The van der Waals surface area contributed by atoms with E-state index in [4.69, 9.17) is 2.74 Å². The van der Waals surface area contributed by atoms with Crippen molar-refractivity contribution in [3.8, 4) is 0 Å². The van der Waals surface area contributed by atoms with Crippen LogP contribution in [-0.4, -0.2) is 27.4 Å². The van der Waals surface area contributed by atoms with E-state index in [1.54, 1.807) is 0 Å². The van der Waals surface area contributed by atoms with Crippen LogP contribution in [0, 0.1) is 5.92 Å². The smallest absolute Gasteiger partial charge is 0.0686 e. The molecule has 1 rings (SSSR count). The zero-order chi connectivity index (χ0) is 18.7. The number of hydrogen-bond acceptors (Lipinski definition) is 1. The maximum absolute atomic E-state index is 9.76. The molecule has 126 valence electrons. The van der Waals surface area contributed by atoms with Crippen molar-refractivity contribution in [2.24, 2.45) is 5.92 Å². The average Bonchev–Trinajstić information content (AvgIpc) is 2.87. The van der Waals surface area contributed by atoms with Crippen molar-refractivity contribution in [1.29, 1.82) is 0 Å². The lowest BCUT2D eigenvalue weighted by Gasteiger charge is -2.14. The van der Waals surface area contributed by atoms with Crippen LogP contribution in [0.15, 0.2) is 34.6 Å². The Morgan fingerprint density at radius 3 is 2.27 bits per heavy atom. The van der Waals surface area contributed by atoms with E-state index in [9.17, 15) is 5.11 Å². The second-order valence-electron chi connectivity index (χ2n) is 8.59. The summed E-state index contributed by atoms with van der Waals surface area (Å²) in [5, 5.41) is 9.76. The fraction of sp³-hybridized carbons (Fsp3) is 0.684. The Balaban J connectivity index is 3.18. The van der Waals surface area contributed by atoms with Gasteiger partial charge in [-0.15, -0.1) is 0 Å². The summed E-state index contributed by atoms with van der Waals surface area (Å²) in [4.78, 5) is 0. The third-order valence-electron chi connectivity index (χ3n) is 3.65. The van der Waals surface area contributed by atoms with Gasteiger partial charge in [-0.05, 0) is 25.7 Å². The van der Waals surface area contributed by atoms with Gasteiger partial charge < -0.3 is 5.11 Å². The topological polar surface area (TPSA) is 20.2 Å². The van der Waals surface area contributed by atoms with E-state index in [2.05, 4.69) is 51.4 Å². The molecule has 1 aliphatic carbocycles. The second kappa shape index (κ2) is 7.93. The van der Waals surface area contributed by atoms with Crippen molar-refractivity contribution in [2.45, 2.75) is 78.0 Å². The Morgan fingerprint density at radius 1 is 1.18 bits per heavy atom. The fourth-order valence-corrected chi connectivity index (χ4v) is 5.30. The van der Waals surface area contributed by atoms with Crippen LogP contribution in [-0.2, 0) is 0 Å². The summed E-state index contributed by atoms with van der Waals surface area (Å²) in [6.07, 6.45) is 7.16. The molecular weight excluding hydrogens is 300 g/mol. The normalized spacial score (nSPS) is 27.7. The molecule has 0 aromatic heterocycles. The molecule has 0 spiro atoms. The first-order valence-electron chi connectivity index (χ1n) is 9.61. The molecule has 0 radical (unpaired) electrons. The maximum atomic E-state index is 9.76. The molecule has 2 atom stereocenters. The highest BCUT2D eigenvalue weighted by atomic mass is 28.3. The molecule has 0 saturated heterocycles. The van der Waals surface area contributed by atoms with E-state index in [-0.39, 0.29) is 12.0 Å². The third-order valence-corrected chi connectivity index (χ3v) is 5.83. The largest absolute Gasteiger partial charge is 0.393 e. The number of aliphatic hydroxyl groups is 1. The molecule has 0 bridgehead atoms. The summed E-state index contributed by atoms with van der Waals surface area (Å²) < 4.78 is 17.3. The number of aliphatic hydroxyl groups excluding tert-OH is 1. The number of allylic oxidation sites excluding steroid dienone is 3. The molecule has 0 amide bonds. The lowest BCUT2D eigenvalue weighted by Crippen LogP contribution is -2.17. The quantitative estimate of drug-likeness (QED) is 0.485. The number of hydrogen-bond donors (Lipinski definition) is 1. The zero-order valence-corrected chi connectivity index (χ0v) is 17.6. The van der Waals surface area contributed by atoms with Crippen LogP contribution in [0.25, 0.3) is 0 Å². The van der Waals surface area contributed by atoms with Gasteiger partial charge >= 0.3 is 0 Å². The molecule has 1 nitrogen and oxygen atoms in total. The minimum atomic E-state index is -1.66. The van der Waals surface area contributed by atoms with Crippen molar-refractivity contribution in [1.82, 2.24) is 0 Å². The molecule has 1 fully saturated rings. The zero-order valence-electron chi connectivity index (χ0n) is 17.6. The fourth-order valence-electron chi connectivity index (χ4n) is 2.82. The Bertz CT molecular complexity index is 537. The molecule has 22 heavy (non-hydrogen) atoms. The summed E-state index contributed by atoms with van der Waals surface area (Å²) in [5.41, 5.74) is 4.20. The highest BCUT2D eigenvalue weighted by Crippen LogP contribution is 2.38. The lowest BCUT2D eigenvalue weighted by molar-refractivity contribution is 0.173. The Morgan fingerprint density at radius 2 is 1.77 bits per heavy atom. The molecule has 0 aromatic carbocycles. The standard InChI is InChI=1S/C19H36OSi2/c1-8-19(20)11-9-10-17-12-16(14-21(2,3)4)13-18(17)15-22(5,6)7/h9-10,14-15,17,19-20H,8,11-13H2,1-7H3/b10-9+,16-14-,18-15+/i14D,15D. The first kappa shape index (κ1) is 16.5. The summed E-state index contributed by atoms with van der Waals surface area (Å²) in [7, 11) is -3.27. The van der Waals surface area contributed by atoms with Gasteiger partial charge in [0.15, 0.2) is 0 Å². The summed E-state index contributed by atoms with van der Waals surface area (Å²) >= 11 is 0. The first-order valence-corrected chi connectivity index (χ1v) is 15.6. The maximum Gasteiger partial charge on any atom is 0.0686 e. The van der Waals surface area contributed by atoms with Crippen molar-refractivity contribution in [3.63, 3.8) is 0 Å². The molecule has 0 aromatic rings. The van der Waals surface area contributed by atoms with Crippen LogP contribution in [0.5, 0.6) is 0 Å². The van der Waals surface area contributed by atoms with Gasteiger partial charge in [0.2, 0.25) is 0 Å². The molecule has 1 saturated carbocycles. The van der Waals surface area contributed by atoms with Crippen LogP contribution in [0.3, 0.4) is 0 Å². The molecule has 0 aliphatic heterocycles. The predicted molar refractivity (Wildman–Crippen MR) is 106 cm³/mol. The van der Waals surface area contributed by atoms with Crippen molar-refractivity contribution in [2.75, 3.05) is 0 Å². The van der Waals surface area contributed by atoms with Crippen molar-refractivity contribution in [3.05, 3.63) is 34.6 Å². The highest BCUT2D eigenvalue weighted by Gasteiger charge is 2.26.